The lowest BCUT2D eigenvalue weighted by Crippen LogP contribution is -2.21. The first-order valence-corrected chi connectivity index (χ1v) is 5.84. The van der Waals surface area contributed by atoms with Crippen molar-refractivity contribution in [2.45, 2.75) is 26.1 Å². The van der Waals surface area contributed by atoms with E-state index in [1.165, 1.54) is 6.07 Å². The number of halogens is 3. The normalized spacial score (nSPS) is 15.0. The Bertz CT molecular complexity index is 452. The summed E-state index contributed by atoms with van der Waals surface area (Å²) in [5, 5.41) is 3.00. The molecule has 0 aromatic heterocycles. The molecule has 0 saturated carbocycles. The largest absolute Gasteiger partial charge is 0.416 e. The second kappa shape index (κ2) is 4.92. The van der Waals surface area contributed by atoms with Gasteiger partial charge >= 0.3 is 6.18 Å². The van der Waals surface area contributed by atoms with Gasteiger partial charge in [-0.25, -0.2) is 0 Å². The molecule has 0 saturated heterocycles. The summed E-state index contributed by atoms with van der Waals surface area (Å²) in [5.41, 5.74) is 1.12. The Kier molecular flexibility index (Phi) is 3.50. The molecule has 1 aliphatic heterocycles. The number of hydrogen-bond donors (Lipinski definition) is 1. The van der Waals surface area contributed by atoms with Crippen LogP contribution in [0.5, 0.6) is 0 Å². The number of alkyl halides is 3. The third kappa shape index (κ3) is 2.78. The molecular formula is C13H15F3N2. The molecule has 2 rings (SSSR count). The maximum absolute atomic E-state index is 12.7. The minimum Gasteiger partial charge on any atom is -0.373 e. The first-order valence-electron chi connectivity index (χ1n) is 5.84. The third-order valence-corrected chi connectivity index (χ3v) is 2.99. The Morgan fingerprint density at radius 3 is 2.61 bits per heavy atom. The molecule has 0 aliphatic carbocycles. The highest BCUT2D eigenvalue weighted by Crippen LogP contribution is 2.31. The van der Waals surface area contributed by atoms with E-state index in [9.17, 15) is 13.2 Å². The Morgan fingerprint density at radius 2 is 2.06 bits per heavy atom. The monoisotopic (exact) mass is 256 g/mol. The predicted molar refractivity (Wildman–Crippen MR) is 63.5 cm³/mol. The lowest BCUT2D eigenvalue weighted by Gasteiger charge is -2.18. The van der Waals surface area contributed by atoms with Gasteiger partial charge in [0.15, 0.2) is 0 Å². The van der Waals surface area contributed by atoms with Gasteiger partial charge < -0.3 is 10.2 Å². The molecule has 0 bridgehead atoms. The van der Waals surface area contributed by atoms with E-state index in [1.807, 2.05) is 18.0 Å². The summed E-state index contributed by atoms with van der Waals surface area (Å²) >= 11 is 0. The molecule has 0 spiro atoms. The van der Waals surface area contributed by atoms with E-state index in [1.54, 1.807) is 12.3 Å². The number of rotatable bonds is 3. The molecule has 1 heterocycles. The van der Waals surface area contributed by atoms with Crippen LogP contribution in [-0.4, -0.2) is 11.6 Å². The number of aryl methyl sites for hydroxylation is 1. The van der Waals surface area contributed by atoms with Gasteiger partial charge in [0, 0.05) is 18.9 Å². The van der Waals surface area contributed by atoms with Gasteiger partial charge in [-0.3, -0.25) is 0 Å². The van der Waals surface area contributed by atoms with Gasteiger partial charge in [-0.2, -0.15) is 13.2 Å². The van der Waals surface area contributed by atoms with Crippen LogP contribution >= 0.6 is 0 Å². The standard InChI is InChI=1S/C13H15F3N2/c1-2-10-3-4-12(13(14,15)16)7-11(10)8-18-6-5-17-9-18/h3-7,17H,2,8-9H2,1H3. The van der Waals surface area contributed by atoms with Gasteiger partial charge in [-0.1, -0.05) is 13.0 Å². The molecule has 5 heteroatoms. The van der Waals surface area contributed by atoms with E-state index in [2.05, 4.69) is 5.32 Å². The Hall–Kier alpha value is -1.65. The Morgan fingerprint density at radius 1 is 1.28 bits per heavy atom. The van der Waals surface area contributed by atoms with Gasteiger partial charge in [0.25, 0.3) is 0 Å². The summed E-state index contributed by atoms with van der Waals surface area (Å²) in [7, 11) is 0. The van der Waals surface area contributed by atoms with Crippen molar-refractivity contribution in [3.05, 3.63) is 47.3 Å². The fourth-order valence-corrected chi connectivity index (χ4v) is 2.00. The highest BCUT2D eigenvalue weighted by molar-refractivity contribution is 5.33. The molecule has 0 radical (unpaired) electrons. The molecule has 0 fully saturated rings. The highest BCUT2D eigenvalue weighted by Gasteiger charge is 2.30. The second-order valence-electron chi connectivity index (χ2n) is 4.26. The van der Waals surface area contributed by atoms with Crippen LogP contribution in [0.15, 0.2) is 30.6 Å². The molecule has 0 amide bonds. The van der Waals surface area contributed by atoms with Gasteiger partial charge in [-0.05, 0) is 29.7 Å². The van der Waals surface area contributed by atoms with E-state index in [-0.39, 0.29) is 0 Å². The molecule has 1 aliphatic rings. The molecular weight excluding hydrogens is 241 g/mol. The molecule has 1 aromatic rings. The fourth-order valence-electron chi connectivity index (χ4n) is 2.00. The molecule has 1 aromatic carbocycles. The molecule has 1 N–H and O–H groups in total. The number of benzene rings is 1. The second-order valence-corrected chi connectivity index (χ2v) is 4.26. The van der Waals surface area contributed by atoms with Crippen molar-refractivity contribution in [3.8, 4) is 0 Å². The fraction of sp³-hybridized carbons (Fsp3) is 0.385. The summed E-state index contributed by atoms with van der Waals surface area (Å²) in [6.07, 6.45) is 0.0947. The summed E-state index contributed by atoms with van der Waals surface area (Å²) in [6, 6.07) is 3.98. The van der Waals surface area contributed by atoms with Gasteiger partial charge in [0.2, 0.25) is 0 Å². The van der Waals surface area contributed by atoms with Crippen LogP contribution in [0.1, 0.15) is 23.6 Å². The molecule has 18 heavy (non-hydrogen) atoms. The highest BCUT2D eigenvalue weighted by atomic mass is 19.4. The van der Waals surface area contributed by atoms with Crippen molar-refractivity contribution in [1.29, 1.82) is 0 Å². The maximum atomic E-state index is 12.7. The molecule has 0 unspecified atom stereocenters. The van der Waals surface area contributed by atoms with Crippen LogP contribution in [0.3, 0.4) is 0 Å². The Labute approximate surface area is 104 Å². The van der Waals surface area contributed by atoms with Crippen molar-refractivity contribution in [2.75, 3.05) is 6.67 Å². The minimum atomic E-state index is -4.28. The Balaban J connectivity index is 2.27. The molecule has 98 valence electrons. The van der Waals surface area contributed by atoms with Gasteiger partial charge in [0.05, 0.1) is 12.2 Å². The zero-order chi connectivity index (χ0) is 13.2. The smallest absolute Gasteiger partial charge is 0.373 e. The van der Waals surface area contributed by atoms with E-state index in [4.69, 9.17) is 0 Å². The summed E-state index contributed by atoms with van der Waals surface area (Å²) in [4.78, 5) is 1.94. The lowest BCUT2D eigenvalue weighted by molar-refractivity contribution is -0.137. The van der Waals surface area contributed by atoms with Crippen LogP contribution < -0.4 is 5.32 Å². The summed E-state index contributed by atoms with van der Waals surface area (Å²) in [6.45, 7) is 3.08. The molecule has 2 nitrogen and oxygen atoms in total. The van der Waals surface area contributed by atoms with Gasteiger partial charge in [-0.15, -0.1) is 0 Å². The van der Waals surface area contributed by atoms with Crippen LogP contribution in [0, 0.1) is 0 Å². The minimum absolute atomic E-state index is 0.497. The maximum Gasteiger partial charge on any atom is 0.416 e. The predicted octanol–water partition coefficient (Wildman–Crippen LogP) is 3.10. The molecule has 0 atom stereocenters. The van der Waals surface area contributed by atoms with Crippen molar-refractivity contribution in [2.24, 2.45) is 0 Å². The van der Waals surface area contributed by atoms with E-state index < -0.39 is 11.7 Å². The quantitative estimate of drug-likeness (QED) is 0.894. The average Bonchev–Trinajstić information content (AvgIpc) is 2.80. The topological polar surface area (TPSA) is 15.3 Å². The van der Waals surface area contributed by atoms with Crippen molar-refractivity contribution in [1.82, 2.24) is 10.2 Å². The lowest BCUT2D eigenvalue weighted by atomic mass is 10.0. The van der Waals surface area contributed by atoms with Crippen molar-refractivity contribution >= 4 is 0 Å². The number of nitrogens with one attached hydrogen (secondary N) is 1. The average molecular weight is 256 g/mol. The number of hydrogen-bond acceptors (Lipinski definition) is 2. The van der Waals surface area contributed by atoms with Crippen LogP contribution in [0.4, 0.5) is 13.2 Å². The summed E-state index contributed by atoms with van der Waals surface area (Å²) in [5.74, 6) is 0. The van der Waals surface area contributed by atoms with E-state index in [0.717, 1.165) is 23.6 Å². The summed E-state index contributed by atoms with van der Waals surface area (Å²) < 4.78 is 38.0. The van der Waals surface area contributed by atoms with E-state index >= 15 is 0 Å². The zero-order valence-electron chi connectivity index (χ0n) is 10.1. The van der Waals surface area contributed by atoms with Crippen LogP contribution in [0.25, 0.3) is 0 Å². The SMILES string of the molecule is CCc1ccc(C(F)(F)F)cc1CN1C=CNC1. The third-order valence-electron chi connectivity index (χ3n) is 2.99. The van der Waals surface area contributed by atoms with Crippen molar-refractivity contribution in [3.63, 3.8) is 0 Å². The van der Waals surface area contributed by atoms with Crippen molar-refractivity contribution < 1.29 is 13.2 Å². The first-order chi connectivity index (χ1) is 8.50. The zero-order valence-corrected chi connectivity index (χ0v) is 10.1. The van der Waals surface area contributed by atoms with Crippen LogP contribution in [-0.2, 0) is 19.1 Å². The first kappa shape index (κ1) is 12.8. The van der Waals surface area contributed by atoms with Crippen LogP contribution in [0.2, 0.25) is 0 Å². The van der Waals surface area contributed by atoms with E-state index in [0.29, 0.717) is 13.2 Å². The number of nitrogens with zero attached hydrogens (tertiary/aromatic N) is 1. The van der Waals surface area contributed by atoms with Gasteiger partial charge in [0.1, 0.15) is 0 Å².